The summed E-state index contributed by atoms with van der Waals surface area (Å²) >= 11 is 0. The zero-order chi connectivity index (χ0) is 16.9. The van der Waals surface area contributed by atoms with Crippen molar-refractivity contribution in [1.82, 2.24) is 4.98 Å². The van der Waals surface area contributed by atoms with Crippen LogP contribution in [0.3, 0.4) is 0 Å². The summed E-state index contributed by atoms with van der Waals surface area (Å²) in [5.41, 5.74) is 1.61. The average Bonchev–Trinajstić information content (AvgIpc) is 2.51. The third-order valence-electron chi connectivity index (χ3n) is 3.38. The van der Waals surface area contributed by atoms with E-state index in [0.717, 1.165) is 24.0 Å². The van der Waals surface area contributed by atoms with Crippen LogP contribution in [0.25, 0.3) is 0 Å². The molecule has 1 N–H and O–H groups in total. The number of hydrogen-bond acceptors (Lipinski definition) is 4. The predicted octanol–water partition coefficient (Wildman–Crippen LogP) is 3.68. The van der Waals surface area contributed by atoms with Gasteiger partial charge >= 0.3 is 0 Å². The van der Waals surface area contributed by atoms with Crippen molar-refractivity contribution in [2.45, 2.75) is 38.5 Å². The van der Waals surface area contributed by atoms with Gasteiger partial charge in [0.2, 0.25) is 0 Å². The molecule has 0 fully saturated rings. The average molecular weight is 334 g/mol. The lowest BCUT2D eigenvalue weighted by Gasteiger charge is -2.14. The van der Waals surface area contributed by atoms with E-state index in [-0.39, 0.29) is 4.90 Å². The number of ether oxygens (including phenoxy) is 1. The fourth-order valence-electron chi connectivity index (χ4n) is 2.05. The predicted molar refractivity (Wildman–Crippen MR) is 91.4 cm³/mol. The minimum Gasteiger partial charge on any atom is -0.492 e. The number of benzene rings is 1. The molecule has 0 bridgehead atoms. The maximum absolute atomic E-state index is 12.7. The third kappa shape index (κ3) is 4.45. The second-order valence-corrected chi connectivity index (χ2v) is 7.08. The fourth-order valence-corrected chi connectivity index (χ4v) is 3.36. The van der Waals surface area contributed by atoms with Crippen LogP contribution in [0.4, 0.5) is 5.82 Å². The Kier molecular flexibility index (Phi) is 5.60. The summed E-state index contributed by atoms with van der Waals surface area (Å²) in [5, 5.41) is 0. The van der Waals surface area contributed by atoms with Crippen molar-refractivity contribution < 1.29 is 13.2 Å². The molecule has 0 unspecified atom stereocenters. The summed E-state index contributed by atoms with van der Waals surface area (Å²) in [6, 6.07) is 8.72. The Morgan fingerprint density at radius 3 is 2.70 bits per heavy atom. The summed E-state index contributed by atoms with van der Waals surface area (Å²) in [5.74, 6) is 0.693. The molecular weight excluding hydrogens is 312 g/mol. The van der Waals surface area contributed by atoms with Gasteiger partial charge in [0.15, 0.2) is 0 Å². The molecule has 23 heavy (non-hydrogen) atoms. The molecule has 5 nitrogen and oxygen atoms in total. The Labute approximate surface area is 137 Å². The number of rotatable bonds is 7. The van der Waals surface area contributed by atoms with E-state index in [1.165, 1.54) is 0 Å². The molecule has 0 saturated carbocycles. The minimum atomic E-state index is -3.76. The first-order valence-electron chi connectivity index (χ1n) is 7.62. The maximum Gasteiger partial charge on any atom is 0.266 e. The van der Waals surface area contributed by atoms with Crippen LogP contribution in [0.15, 0.2) is 41.4 Å². The number of pyridine rings is 1. The molecule has 0 spiro atoms. The van der Waals surface area contributed by atoms with Gasteiger partial charge in [-0.3, -0.25) is 4.72 Å². The van der Waals surface area contributed by atoms with Crippen LogP contribution < -0.4 is 9.46 Å². The molecule has 0 aliphatic rings. The van der Waals surface area contributed by atoms with Gasteiger partial charge in [0.1, 0.15) is 16.5 Å². The maximum atomic E-state index is 12.7. The summed E-state index contributed by atoms with van der Waals surface area (Å²) in [6.45, 7) is 6.20. The van der Waals surface area contributed by atoms with Crippen LogP contribution in [0.2, 0.25) is 0 Å². The molecule has 0 radical (unpaired) electrons. The number of aromatic nitrogens is 1. The topological polar surface area (TPSA) is 68.3 Å². The standard InChI is InChI=1S/C17H22N2O3S/c1-4-5-11-22-15-9-8-13(2)12-16(15)23(20,21)19-17-14(3)7-6-10-18-17/h6-10,12H,4-5,11H2,1-3H3,(H,18,19). The monoisotopic (exact) mass is 334 g/mol. The summed E-state index contributed by atoms with van der Waals surface area (Å²) in [7, 11) is -3.76. The first-order valence-corrected chi connectivity index (χ1v) is 9.10. The Morgan fingerprint density at radius 1 is 1.22 bits per heavy atom. The lowest BCUT2D eigenvalue weighted by molar-refractivity contribution is 0.301. The number of unbranched alkanes of at least 4 members (excludes halogenated alkanes) is 1. The van der Waals surface area contributed by atoms with E-state index in [1.807, 2.05) is 13.0 Å². The van der Waals surface area contributed by atoms with E-state index < -0.39 is 10.0 Å². The molecule has 1 aromatic heterocycles. The van der Waals surface area contributed by atoms with Crippen LogP contribution in [0.5, 0.6) is 5.75 Å². The van der Waals surface area contributed by atoms with Crippen LogP contribution in [-0.2, 0) is 10.0 Å². The molecule has 6 heteroatoms. The zero-order valence-electron chi connectivity index (χ0n) is 13.7. The molecule has 124 valence electrons. The van der Waals surface area contributed by atoms with E-state index in [0.29, 0.717) is 18.2 Å². The summed E-state index contributed by atoms with van der Waals surface area (Å²) in [4.78, 5) is 4.22. The number of sulfonamides is 1. The van der Waals surface area contributed by atoms with Gasteiger partial charge < -0.3 is 4.74 Å². The Hall–Kier alpha value is -2.08. The molecule has 0 aliphatic carbocycles. The van der Waals surface area contributed by atoms with Gasteiger partial charge in [-0.1, -0.05) is 25.5 Å². The van der Waals surface area contributed by atoms with Crippen LogP contribution in [0.1, 0.15) is 30.9 Å². The second-order valence-electron chi connectivity index (χ2n) is 5.43. The van der Waals surface area contributed by atoms with Gasteiger partial charge in [-0.05, 0) is 49.6 Å². The Bertz CT molecular complexity index is 773. The van der Waals surface area contributed by atoms with E-state index >= 15 is 0 Å². The summed E-state index contributed by atoms with van der Waals surface area (Å²) in [6.07, 6.45) is 3.42. The molecule has 2 rings (SSSR count). The van der Waals surface area contributed by atoms with Crippen molar-refractivity contribution in [2.75, 3.05) is 11.3 Å². The quantitative estimate of drug-likeness (QED) is 0.784. The number of nitrogens with one attached hydrogen (secondary N) is 1. The number of aryl methyl sites for hydroxylation is 2. The van der Waals surface area contributed by atoms with Crippen molar-refractivity contribution in [3.05, 3.63) is 47.7 Å². The van der Waals surface area contributed by atoms with Gasteiger partial charge in [-0.25, -0.2) is 13.4 Å². The van der Waals surface area contributed by atoms with Gasteiger partial charge in [-0.15, -0.1) is 0 Å². The molecule has 0 saturated heterocycles. The largest absolute Gasteiger partial charge is 0.492 e. The lowest BCUT2D eigenvalue weighted by Crippen LogP contribution is -2.16. The van der Waals surface area contributed by atoms with E-state index in [4.69, 9.17) is 4.74 Å². The number of hydrogen-bond donors (Lipinski definition) is 1. The first kappa shape index (κ1) is 17.3. The molecule has 1 heterocycles. The van der Waals surface area contributed by atoms with Crippen LogP contribution in [0, 0.1) is 13.8 Å². The van der Waals surface area contributed by atoms with Gasteiger partial charge in [0.25, 0.3) is 10.0 Å². The van der Waals surface area contributed by atoms with Crippen molar-refractivity contribution in [3.8, 4) is 5.75 Å². The second kappa shape index (κ2) is 7.46. The third-order valence-corrected chi connectivity index (χ3v) is 4.74. The molecule has 0 atom stereocenters. The highest BCUT2D eigenvalue weighted by atomic mass is 32.2. The molecule has 0 aliphatic heterocycles. The van der Waals surface area contributed by atoms with E-state index in [9.17, 15) is 8.42 Å². The first-order chi connectivity index (χ1) is 10.9. The fraction of sp³-hybridized carbons (Fsp3) is 0.353. The van der Waals surface area contributed by atoms with Gasteiger partial charge in [0, 0.05) is 6.20 Å². The van der Waals surface area contributed by atoms with Crippen LogP contribution in [-0.4, -0.2) is 20.0 Å². The minimum absolute atomic E-state index is 0.138. The zero-order valence-corrected chi connectivity index (χ0v) is 14.5. The van der Waals surface area contributed by atoms with Crippen molar-refractivity contribution in [3.63, 3.8) is 0 Å². The smallest absolute Gasteiger partial charge is 0.266 e. The van der Waals surface area contributed by atoms with E-state index in [2.05, 4.69) is 16.6 Å². The molecule has 0 amide bonds. The van der Waals surface area contributed by atoms with Crippen molar-refractivity contribution in [2.24, 2.45) is 0 Å². The van der Waals surface area contributed by atoms with Crippen LogP contribution >= 0.6 is 0 Å². The number of anilines is 1. The molecular formula is C17H22N2O3S. The van der Waals surface area contributed by atoms with Gasteiger partial charge in [-0.2, -0.15) is 0 Å². The van der Waals surface area contributed by atoms with E-state index in [1.54, 1.807) is 37.4 Å². The highest BCUT2D eigenvalue weighted by molar-refractivity contribution is 7.92. The van der Waals surface area contributed by atoms with Gasteiger partial charge in [0.05, 0.1) is 6.61 Å². The molecule has 2 aromatic rings. The molecule has 1 aromatic carbocycles. The van der Waals surface area contributed by atoms with Crippen molar-refractivity contribution in [1.29, 1.82) is 0 Å². The normalized spacial score (nSPS) is 11.3. The lowest BCUT2D eigenvalue weighted by atomic mass is 10.2. The number of nitrogens with zero attached hydrogens (tertiary/aromatic N) is 1. The Morgan fingerprint density at radius 2 is 2.00 bits per heavy atom. The highest BCUT2D eigenvalue weighted by Crippen LogP contribution is 2.27. The Balaban J connectivity index is 2.34. The van der Waals surface area contributed by atoms with Crippen molar-refractivity contribution >= 4 is 15.8 Å². The SMILES string of the molecule is CCCCOc1ccc(C)cc1S(=O)(=O)Nc1ncccc1C. The summed E-state index contributed by atoms with van der Waals surface area (Å²) < 4.78 is 33.6. The highest BCUT2D eigenvalue weighted by Gasteiger charge is 2.21.